The van der Waals surface area contributed by atoms with E-state index < -0.39 is 0 Å². The van der Waals surface area contributed by atoms with Gasteiger partial charge in [-0.2, -0.15) is 0 Å². The van der Waals surface area contributed by atoms with Gasteiger partial charge in [0, 0.05) is 17.5 Å². The molecule has 1 aromatic carbocycles. The molecule has 3 heterocycles. The second-order valence-corrected chi connectivity index (χ2v) is 5.90. The summed E-state index contributed by atoms with van der Waals surface area (Å²) in [6, 6.07) is 7.55. The number of oxazole rings is 1. The Hall–Kier alpha value is -2.80. The van der Waals surface area contributed by atoms with Crippen molar-refractivity contribution in [2.75, 3.05) is 18.4 Å². The minimum absolute atomic E-state index is 0.0118. The SMILES string of the molecule is O=C(Nc1cc2cc(-c3cnco3)ccc2nn1)C1CCCNC1. The van der Waals surface area contributed by atoms with Gasteiger partial charge in [-0.25, -0.2) is 4.98 Å². The number of piperidine rings is 1. The first kappa shape index (κ1) is 14.8. The molecule has 1 amide bonds. The van der Waals surface area contributed by atoms with Crippen LogP contribution in [0, 0.1) is 5.92 Å². The maximum absolute atomic E-state index is 12.3. The van der Waals surface area contributed by atoms with Crippen molar-refractivity contribution in [1.82, 2.24) is 20.5 Å². The van der Waals surface area contributed by atoms with E-state index in [1.165, 1.54) is 6.39 Å². The third-order valence-electron chi connectivity index (χ3n) is 4.22. The maximum atomic E-state index is 12.3. The summed E-state index contributed by atoms with van der Waals surface area (Å²) in [5.74, 6) is 1.12. The Morgan fingerprint density at radius 1 is 1.29 bits per heavy atom. The molecule has 1 aliphatic rings. The molecule has 1 aliphatic heterocycles. The molecule has 24 heavy (non-hydrogen) atoms. The van der Waals surface area contributed by atoms with Crippen LogP contribution in [0.3, 0.4) is 0 Å². The molecule has 2 N–H and O–H groups in total. The van der Waals surface area contributed by atoms with Crippen molar-refractivity contribution in [2.45, 2.75) is 12.8 Å². The van der Waals surface area contributed by atoms with Crippen LogP contribution >= 0.6 is 0 Å². The highest BCUT2D eigenvalue weighted by Crippen LogP contribution is 2.24. The van der Waals surface area contributed by atoms with Crippen LogP contribution in [0.1, 0.15) is 12.8 Å². The van der Waals surface area contributed by atoms with Gasteiger partial charge in [-0.15, -0.1) is 10.2 Å². The average Bonchev–Trinajstić information content (AvgIpc) is 3.16. The molecule has 2 aromatic heterocycles. The number of hydrogen-bond donors (Lipinski definition) is 2. The number of carbonyl (C=O) groups is 1. The molecule has 3 aromatic rings. The van der Waals surface area contributed by atoms with Crippen LogP contribution in [0.4, 0.5) is 5.82 Å². The van der Waals surface area contributed by atoms with Gasteiger partial charge in [-0.3, -0.25) is 4.79 Å². The molecule has 1 saturated heterocycles. The normalized spacial score (nSPS) is 17.8. The van der Waals surface area contributed by atoms with Gasteiger partial charge in [-0.1, -0.05) is 0 Å². The van der Waals surface area contributed by atoms with Crippen molar-refractivity contribution < 1.29 is 9.21 Å². The predicted octanol–water partition coefficient (Wildman–Crippen LogP) is 2.22. The number of carbonyl (C=O) groups excluding carboxylic acids is 1. The van der Waals surface area contributed by atoms with Crippen LogP contribution in [0.15, 0.2) is 41.3 Å². The summed E-state index contributed by atoms with van der Waals surface area (Å²) < 4.78 is 5.32. The molecule has 0 aliphatic carbocycles. The number of amides is 1. The molecule has 1 atom stereocenters. The average molecular weight is 323 g/mol. The third kappa shape index (κ3) is 2.98. The Morgan fingerprint density at radius 3 is 3.04 bits per heavy atom. The van der Waals surface area contributed by atoms with Crippen molar-refractivity contribution in [3.8, 4) is 11.3 Å². The van der Waals surface area contributed by atoms with E-state index >= 15 is 0 Å². The fourth-order valence-corrected chi connectivity index (χ4v) is 2.92. The Morgan fingerprint density at radius 2 is 2.25 bits per heavy atom. The Bertz CT molecular complexity index is 857. The minimum atomic E-state index is -0.0169. The number of rotatable bonds is 3. The largest absolute Gasteiger partial charge is 0.444 e. The van der Waals surface area contributed by atoms with E-state index in [0.29, 0.717) is 18.1 Å². The second-order valence-electron chi connectivity index (χ2n) is 5.90. The fourth-order valence-electron chi connectivity index (χ4n) is 2.92. The minimum Gasteiger partial charge on any atom is -0.444 e. The molecule has 0 saturated carbocycles. The van der Waals surface area contributed by atoms with Crippen LogP contribution < -0.4 is 10.6 Å². The molecule has 122 valence electrons. The molecule has 1 fully saturated rings. The van der Waals surface area contributed by atoms with Crippen molar-refractivity contribution in [3.05, 3.63) is 36.9 Å². The first-order valence-corrected chi connectivity index (χ1v) is 7.97. The number of nitrogens with one attached hydrogen (secondary N) is 2. The van der Waals surface area contributed by atoms with Gasteiger partial charge in [0.2, 0.25) is 5.91 Å². The maximum Gasteiger partial charge on any atom is 0.229 e. The van der Waals surface area contributed by atoms with E-state index in [0.717, 1.165) is 35.9 Å². The highest BCUT2D eigenvalue weighted by Gasteiger charge is 2.21. The zero-order valence-corrected chi connectivity index (χ0v) is 13.0. The second kappa shape index (κ2) is 6.37. The molecule has 7 nitrogen and oxygen atoms in total. The number of benzene rings is 1. The molecule has 1 unspecified atom stereocenters. The highest BCUT2D eigenvalue weighted by atomic mass is 16.3. The van der Waals surface area contributed by atoms with E-state index in [4.69, 9.17) is 4.42 Å². The molecule has 0 spiro atoms. The third-order valence-corrected chi connectivity index (χ3v) is 4.22. The van der Waals surface area contributed by atoms with E-state index in [1.54, 1.807) is 6.20 Å². The number of hydrogen-bond acceptors (Lipinski definition) is 6. The van der Waals surface area contributed by atoms with E-state index in [-0.39, 0.29) is 11.8 Å². The first-order chi connectivity index (χ1) is 11.8. The van der Waals surface area contributed by atoms with E-state index in [9.17, 15) is 4.79 Å². The summed E-state index contributed by atoms with van der Waals surface area (Å²) in [6.07, 6.45) is 4.97. The Balaban J connectivity index is 1.58. The lowest BCUT2D eigenvalue weighted by molar-refractivity contribution is -0.120. The number of fused-ring (bicyclic) bond motifs is 1. The zero-order valence-electron chi connectivity index (χ0n) is 13.0. The summed E-state index contributed by atoms with van der Waals surface area (Å²) in [7, 11) is 0. The summed E-state index contributed by atoms with van der Waals surface area (Å²) in [5.41, 5.74) is 1.66. The van der Waals surface area contributed by atoms with Crippen LogP contribution in [0.2, 0.25) is 0 Å². The summed E-state index contributed by atoms with van der Waals surface area (Å²) in [5, 5.41) is 15.3. The molecule has 4 rings (SSSR count). The van der Waals surface area contributed by atoms with Gasteiger partial charge in [-0.05, 0) is 43.7 Å². The van der Waals surface area contributed by atoms with Gasteiger partial charge in [0.05, 0.1) is 17.6 Å². The number of nitrogens with zero attached hydrogens (tertiary/aromatic N) is 3. The summed E-state index contributed by atoms with van der Waals surface area (Å²) >= 11 is 0. The Kier molecular flexibility index (Phi) is 3.92. The van der Waals surface area contributed by atoms with Crippen LogP contribution in [0.25, 0.3) is 22.2 Å². The van der Waals surface area contributed by atoms with Crippen molar-refractivity contribution in [1.29, 1.82) is 0 Å². The first-order valence-electron chi connectivity index (χ1n) is 7.97. The van der Waals surface area contributed by atoms with Gasteiger partial charge in [0.1, 0.15) is 0 Å². The lowest BCUT2D eigenvalue weighted by Crippen LogP contribution is -2.37. The van der Waals surface area contributed by atoms with Gasteiger partial charge >= 0.3 is 0 Å². The van der Waals surface area contributed by atoms with Crippen LogP contribution in [0.5, 0.6) is 0 Å². The molecular formula is C17H17N5O2. The quantitative estimate of drug-likeness (QED) is 0.768. The van der Waals surface area contributed by atoms with Crippen molar-refractivity contribution >= 4 is 22.6 Å². The smallest absolute Gasteiger partial charge is 0.229 e. The van der Waals surface area contributed by atoms with Crippen molar-refractivity contribution in [2.24, 2.45) is 5.92 Å². The number of anilines is 1. The van der Waals surface area contributed by atoms with Gasteiger partial charge in [0.15, 0.2) is 18.0 Å². The topological polar surface area (TPSA) is 92.9 Å². The van der Waals surface area contributed by atoms with Gasteiger partial charge < -0.3 is 15.1 Å². The standard InChI is InChI=1S/C17H17N5O2/c23-17(12-2-1-5-18-8-12)20-16-7-13-6-11(15-9-19-10-24-15)3-4-14(13)21-22-16/h3-4,6-7,9-10,12,18H,1-2,5,8H2,(H,20,22,23). The highest BCUT2D eigenvalue weighted by molar-refractivity contribution is 5.94. The van der Waals surface area contributed by atoms with Crippen LogP contribution in [-0.2, 0) is 4.79 Å². The lowest BCUT2D eigenvalue weighted by Gasteiger charge is -2.21. The fraction of sp³-hybridized carbons (Fsp3) is 0.294. The van der Waals surface area contributed by atoms with Crippen molar-refractivity contribution in [3.63, 3.8) is 0 Å². The summed E-state index contributed by atoms with van der Waals surface area (Å²) in [6.45, 7) is 1.69. The monoisotopic (exact) mass is 323 g/mol. The Labute approximate surface area is 138 Å². The van der Waals surface area contributed by atoms with Gasteiger partial charge in [0.25, 0.3) is 0 Å². The predicted molar refractivity (Wildman–Crippen MR) is 89.3 cm³/mol. The number of aromatic nitrogens is 3. The summed E-state index contributed by atoms with van der Waals surface area (Å²) in [4.78, 5) is 16.2. The molecular weight excluding hydrogens is 306 g/mol. The molecule has 7 heteroatoms. The van der Waals surface area contributed by atoms with E-state index in [1.807, 2.05) is 24.3 Å². The van der Waals surface area contributed by atoms with E-state index in [2.05, 4.69) is 25.8 Å². The molecule has 0 radical (unpaired) electrons. The lowest BCUT2D eigenvalue weighted by atomic mass is 9.99. The zero-order chi connectivity index (χ0) is 16.4. The molecule has 0 bridgehead atoms. The van der Waals surface area contributed by atoms with Crippen LogP contribution in [-0.4, -0.2) is 34.2 Å².